The predicted molar refractivity (Wildman–Crippen MR) is 82.3 cm³/mol. The second kappa shape index (κ2) is 9.08. The zero-order valence-electron chi connectivity index (χ0n) is 12.8. The monoisotopic (exact) mass is 276 g/mol. The summed E-state index contributed by atoms with van der Waals surface area (Å²) in [6, 6.07) is 0. The molecule has 0 amide bonds. The van der Waals surface area contributed by atoms with Crippen molar-refractivity contribution in [1.29, 1.82) is 0 Å². The molecule has 0 radical (unpaired) electrons. The molecule has 0 aromatic rings. The maximum Gasteiger partial charge on any atom is 0.303 e. The SMILES string of the molecule is C=CCC/C(C)=C\C.CC(=O)OC1(C)C=CC(=O)C=C1. The van der Waals surface area contributed by atoms with Gasteiger partial charge in [-0.2, -0.15) is 0 Å². The summed E-state index contributed by atoms with van der Waals surface area (Å²) in [6.07, 6.45) is 12.3. The van der Waals surface area contributed by atoms with Crippen LogP contribution in [0.15, 0.2) is 48.6 Å². The van der Waals surface area contributed by atoms with Crippen molar-refractivity contribution in [2.45, 2.75) is 46.1 Å². The standard InChI is InChI=1S/C9H10O3.C8H14/c1-7(10)12-9(2)5-3-8(11)4-6-9;1-4-6-7-8(3)5-2/h3-6H,1-2H3;4-5H,1,6-7H2,2-3H3/b;8-5-. The van der Waals surface area contributed by atoms with Crippen LogP contribution in [0.4, 0.5) is 0 Å². The summed E-state index contributed by atoms with van der Waals surface area (Å²) in [7, 11) is 0. The number of ketones is 1. The number of esters is 1. The normalized spacial score (nSPS) is 16.2. The number of hydrogen-bond donors (Lipinski definition) is 0. The summed E-state index contributed by atoms with van der Waals surface area (Å²) < 4.78 is 4.96. The van der Waals surface area contributed by atoms with Gasteiger partial charge in [-0.1, -0.05) is 17.7 Å². The molecule has 0 bridgehead atoms. The van der Waals surface area contributed by atoms with Crippen molar-refractivity contribution in [3.8, 4) is 0 Å². The minimum absolute atomic E-state index is 0.0837. The lowest BCUT2D eigenvalue weighted by atomic mass is 10.00. The van der Waals surface area contributed by atoms with Crippen molar-refractivity contribution in [3.05, 3.63) is 48.6 Å². The van der Waals surface area contributed by atoms with E-state index >= 15 is 0 Å². The second-order valence-corrected chi connectivity index (χ2v) is 4.81. The molecule has 0 spiro atoms. The fourth-order valence-corrected chi connectivity index (χ4v) is 1.46. The van der Waals surface area contributed by atoms with Crippen molar-refractivity contribution < 1.29 is 14.3 Å². The van der Waals surface area contributed by atoms with E-state index in [-0.39, 0.29) is 11.8 Å². The average molecular weight is 276 g/mol. The summed E-state index contributed by atoms with van der Waals surface area (Å²) in [5, 5.41) is 0. The molecule has 0 atom stereocenters. The molecule has 20 heavy (non-hydrogen) atoms. The van der Waals surface area contributed by atoms with Gasteiger partial charge in [0, 0.05) is 6.92 Å². The second-order valence-electron chi connectivity index (χ2n) is 4.81. The molecule has 3 heteroatoms. The molecular weight excluding hydrogens is 252 g/mol. The van der Waals surface area contributed by atoms with E-state index in [0.29, 0.717) is 0 Å². The Kier molecular flexibility index (Phi) is 8.21. The van der Waals surface area contributed by atoms with Crippen LogP contribution in [0.5, 0.6) is 0 Å². The minimum atomic E-state index is -0.750. The summed E-state index contributed by atoms with van der Waals surface area (Å²) in [6.45, 7) is 10.9. The van der Waals surface area contributed by atoms with E-state index in [9.17, 15) is 9.59 Å². The molecule has 0 aromatic heterocycles. The van der Waals surface area contributed by atoms with Crippen LogP contribution in [-0.2, 0) is 14.3 Å². The Morgan fingerprint density at radius 3 is 2.30 bits per heavy atom. The molecule has 0 heterocycles. The van der Waals surface area contributed by atoms with Gasteiger partial charge in [-0.25, -0.2) is 0 Å². The highest BCUT2D eigenvalue weighted by atomic mass is 16.6. The van der Waals surface area contributed by atoms with Crippen LogP contribution in [0.1, 0.15) is 40.5 Å². The Balaban J connectivity index is 0.000000396. The predicted octanol–water partition coefficient (Wildman–Crippen LogP) is 3.92. The summed E-state index contributed by atoms with van der Waals surface area (Å²) in [4.78, 5) is 21.3. The van der Waals surface area contributed by atoms with E-state index in [4.69, 9.17) is 4.74 Å². The van der Waals surface area contributed by atoms with Crippen LogP contribution < -0.4 is 0 Å². The number of ether oxygens (including phenoxy) is 1. The maximum atomic E-state index is 10.7. The summed E-state index contributed by atoms with van der Waals surface area (Å²) in [5.74, 6) is -0.444. The number of carbonyl (C=O) groups excluding carboxylic acids is 2. The molecule has 0 saturated heterocycles. The van der Waals surface area contributed by atoms with E-state index in [1.807, 2.05) is 6.08 Å². The molecule has 1 aliphatic carbocycles. The smallest absolute Gasteiger partial charge is 0.303 e. The first-order chi connectivity index (χ1) is 9.33. The quantitative estimate of drug-likeness (QED) is 0.577. The molecule has 0 aromatic carbocycles. The van der Waals surface area contributed by atoms with Gasteiger partial charge in [0.25, 0.3) is 0 Å². The minimum Gasteiger partial charge on any atom is -0.451 e. The molecule has 110 valence electrons. The molecule has 1 rings (SSSR count). The molecule has 0 fully saturated rings. The Morgan fingerprint density at radius 1 is 1.35 bits per heavy atom. The lowest BCUT2D eigenvalue weighted by Crippen LogP contribution is -2.28. The topological polar surface area (TPSA) is 43.4 Å². The van der Waals surface area contributed by atoms with Crippen molar-refractivity contribution >= 4 is 11.8 Å². The number of hydrogen-bond acceptors (Lipinski definition) is 3. The van der Waals surface area contributed by atoms with Crippen LogP contribution in [0, 0.1) is 0 Å². The summed E-state index contributed by atoms with van der Waals surface area (Å²) >= 11 is 0. The maximum absolute atomic E-state index is 10.7. The zero-order valence-corrected chi connectivity index (χ0v) is 12.8. The highest BCUT2D eigenvalue weighted by Gasteiger charge is 2.23. The fourth-order valence-electron chi connectivity index (χ4n) is 1.46. The highest BCUT2D eigenvalue weighted by molar-refractivity contribution is 6.00. The Bertz CT molecular complexity index is 423. The van der Waals surface area contributed by atoms with Gasteiger partial charge >= 0.3 is 5.97 Å². The van der Waals surface area contributed by atoms with Gasteiger partial charge < -0.3 is 4.74 Å². The fraction of sp³-hybridized carbons (Fsp3) is 0.412. The Labute approximate surface area is 121 Å². The Hall–Kier alpha value is -1.90. The lowest BCUT2D eigenvalue weighted by Gasteiger charge is -2.23. The average Bonchev–Trinajstić information content (AvgIpc) is 2.39. The van der Waals surface area contributed by atoms with Gasteiger partial charge in [0.15, 0.2) is 5.78 Å². The Morgan fingerprint density at radius 2 is 1.90 bits per heavy atom. The van der Waals surface area contributed by atoms with E-state index < -0.39 is 5.60 Å². The van der Waals surface area contributed by atoms with Crippen LogP contribution in [0.2, 0.25) is 0 Å². The van der Waals surface area contributed by atoms with Crippen molar-refractivity contribution in [2.24, 2.45) is 0 Å². The van der Waals surface area contributed by atoms with E-state index in [2.05, 4.69) is 26.5 Å². The van der Waals surface area contributed by atoms with Gasteiger partial charge in [0.05, 0.1) is 0 Å². The van der Waals surface area contributed by atoms with Crippen LogP contribution >= 0.6 is 0 Å². The van der Waals surface area contributed by atoms with Gasteiger partial charge in [0.2, 0.25) is 0 Å². The third kappa shape index (κ3) is 8.25. The first-order valence-electron chi connectivity index (χ1n) is 6.67. The van der Waals surface area contributed by atoms with E-state index in [1.54, 1.807) is 19.1 Å². The first-order valence-corrected chi connectivity index (χ1v) is 6.67. The van der Waals surface area contributed by atoms with Gasteiger partial charge in [-0.3, -0.25) is 9.59 Å². The number of allylic oxidation sites excluding steroid dienone is 5. The van der Waals surface area contributed by atoms with Crippen molar-refractivity contribution in [3.63, 3.8) is 0 Å². The number of carbonyl (C=O) groups is 2. The highest BCUT2D eigenvalue weighted by Crippen LogP contribution is 2.17. The summed E-state index contributed by atoms with van der Waals surface area (Å²) in [5.41, 5.74) is 0.699. The molecule has 0 N–H and O–H groups in total. The molecule has 1 aliphatic rings. The zero-order chi connectivity index (χ0) is 15.6. The lowest BCUT2D eigenvalue weighted by molar-refractivity contribution is -0.148. The largest absolute Gasteiger partial charge is 0.451 e. The van der Waals surface area contributed by atoms with Gasteiger partial charge in [-0.05, 0) is 57.9 Å². The molecule has 3 nitrogen and oxygen atoms in total. The van der Waals surface area contributed by atoms with Gasteiger partial charge in [0.1, 0.15) is 5.60 Å². The molecule has 0 aliphatic heterocycles. The van der Waals surface area contributed by atoms with Crippen molar-refractivity contribution in [1.82, 2.24) is 0 Å². The number of rotatable bonds is 4. The molecule has 0 unspecified atom stereocenters. The third-order valence-electron chi connectivity index (χ3n) is 2.76. The van der Waals surface area contributed by atoms with E-state index in [1.165, 1.54) is 31.1 Å². The molecular formula is C17H24O3. The third-order valence-corrected chi connectivity index (χ3v) is 2.76. The van der Waals surface area contributed by atoms with E-state index in [0.717, 1.165) is 6.42 Å². The molecule has 0 saturated carbocycles. The van der Waals surface area contributed by atoms with Crippen LogP contribution in [0.25, 0.3) is 0 Å². The van der Waals surface area contributed by atoms with Gasteiger partial charge in [-0.15, -0.1) is 6.58 Å². The first kappa shape index (κ1) is 18.1. The van der Waals surface area contributed by atoms with Crippen molar-refractivity contribution in [2.75, 3.05) is 0 Å². The van der Waals surface area contributed by atoms with Crippen LogP contribution in [0.3, 0.4) is 0 Å². The van der Waals surface area contributed by atoms with Crippen LogP contribution in [-0.4, -0.2) is 17.4 Å².